The maximum atomic E-state index is 12.3. The molecule has 17 heavy (non-hydrogen) atoms. The average Bonchev–Trinajstić information content (AvgIpc) is 2.78. The summed E-state index contributed by atoms with van der Waals surface area (Å²) in [5, 5.41) is 0. The van der Waals surface area contributed by atoms with Gasteiger partial charge in [-0.25, -0.2) is 0 Å². The van der Waals surface area contributed by atoms with Crippen molar-refractivity contribution in [2.24, 2.45) is 5.41 Å². The molecule has 1 aliphatic heterocycles. The highest BCUT2D eigenvalue weighted by atomic mass is 35.5. The Balaban J connectivity index is 1.92. The minimum Gasteiger partial charge on any atom is -0.340 e. The lowest BCUT2D eigenvalue weighted by molar-refractivity contribution is -0.138. The van der Waals surface area contributed by atoms with Gasteiger partial charge in [0.25, 0.3) is 0 Å². The summed E-state index contributed by atoms with van der Waals surface area (Å²) in [4.78, 5) is 16.6. The van der Waals surface area contributed by atoms with Gasteiger partial charge in [0.15, 0.2) is 0 Å². The van der Waals surface area contributed by atoms with Crippen molar-refractivity contribution in [1.29, 1.82) is 0 Å². The number of carbonyl (C=O) groups is 1. The van der Waals surface area contributed by atoms with E-state index in [1.807, 2.05) is 11.8 Å². The first-order valence-electron chi connectivity index (χ1n) is 6.19. The number of alkyl halides is 2. The van der Waals surface area contributed by atoms with Crippen molar-refractivity contribution < 1.29 is 4.79 Å². The van der Waals surface area contributed by atoms with Gasteiger partial charge in [0.1, 0.15) is 4.33 Å². The van der Waals surface area contributed by atoms with Gasteiger partial charge in [0, 0.05) is 32.2 Å². The molecular weight excluding hydrogens is 259 g/mol. The fraction of sp³-hybridized carbons (Fsp3) is 0.917. The number of nitrogens with zero attached hydrogens (tertiary/aromatic N) is 2. The summed E-state index contributed by atoms with van der Waals surface area (Å²) >= 11 is 12.1. The highest BCUT2D eigenvalue weighted by Crippen LogP contribution is 2.64. The first kappa shape index (κ1) is 13.4. The van der Waals surface area contributed by atoms with Crippen molar-refractivity contribution in [3.63, 3.8) is 0 Å². The third-order valence-corrected chi connectivity index (χ3v) is 5.16. The lowest BCUT2D eigenvalue weighted by atomic mass is 10.1. The molecular formula is C12H20Cl2N2O. The van der Waals surface area contributed by atoms with Crippen LogP contribution in [0.5, 0.6) is 0 Å². The quantitative estimate of drug-likeness (QED) is 0.723. The standard InChI is InChI=1S/C12H20Cl2N2O/c1-9(2)15-4-6-16(7-5-15)10(17)11(3)8-12(11,13)14/h9H,4-8H2,1-3H3/t11-/m0/s1. The average molecular weight is 279 g/mol. The molecule has 98 valence electrons. The summed E-state index contributed by atoms with van der Waals surface area (Å²) in [6.07, 6.45) is 0.576. The molecule has 1 heterocycles. The van der Waals surface area contributed by atoms with Gasteiger partial charge in [-0.05, 0) is 27.2 Å². The van der Waals surface area contributed by atoms with Gasteiger partial charge in [-0.1, -0.05) is 0 Å². The molecule has 0 unspecified atom stereocenters. The summed E-state index contributed by atoms with van der Waals surface area (Å²) in [5.74, 6) is 0.117. The van der Waals surface area contributed by atoms with Crippen molar-refractivity contribution in [3.05, 3.63) is 0 Å². The molecule has 0 aromatic carbocycles. The van der Waals surface area contributed by atoms with Crippen LogP contribution in [-0.2, 0) is 4.79 Å². The lowest BCUT2D eigenvalue weighted by Gasteiger charge is -2.38. The van der Waals surface area contributed by atoms with Gasteiger partial charge >= 0.3 is 0 Å². The Morgan fingerprint density at radius 2 is 1.65 bits per heavy atom. The van der Waals surface area contributed by atoms with E-state index in [-0.39, 0.29) is 5.91 Å². The van der Waals surface area contributed by atoms with E-state index in [4.69, 9.17) is 23.2 Å². The molecule has 0 radical (unpaired) electrons. The van der Waals surface area contributed by atoms with Crippen LogP contribution < -0.4 is 0 Å². The predicted molar refractivity (Wildman–Crippen MR) is 70.5 cm³/mol. The smallest absolute Gasteiger partial charge is 0.231 e. The molecule has 0 aromatic heterocycles. The Kier molecular flexibility index (Phi) is 3.39. The van der Waals surface area contributed by atoms with Gasteiger partial charge in [-0.2, -0.15) is 0 Å². The van der Waals surface area contributed by atoms with Crippen molar-refractivity contribution in [2.75, 3.05) is 26.2 Å². The van der Waals surface area contributed by atoms with E-state index in [2.05, 4.69) is 18.7 Å². The van der Waals surface area contributed by atoms with Crippen LogP contribution in [0.2, 0.25) is 0 Å². The molecule has 2 rings (SSSR count). The second-order valence-corrected chi connectivity index (χ2v) is 7.12. The molecule has 0 N–H and O–H groups in total. The molecule has 0 spiro atoms. The zero-order chi connectivity index (χ0) is 12.8. The van der Waals surface area contributed by atoms with Crippen molar-refractivity contribution in [2.45, 2.75) is 37.6 Å². The zero-order valence-electron chi connectivity index (χ0n) is 10.7. The summed E-state index contributed by atoms with van der Waals surface area (Å²) < 4.78 is -0.848. The second kappa shape index (κ2) is 4.29. The molecule has 3 nitrogen and oxygen atoms in total. The monoisotopic (exact) mass is 278 g/mol. The summed E-state index contributed by atoms with van der Waals surface area (Å²) in [7, 11) is 0. The number of rotatable bonds is 2. The third-order valence-electron chi connectivity index (χ3n) is 4.06. The minimum absolute atomic E-state index is 0.117. The lowest BCUT2D eigenvalue weighted by Crippen LogP contribution is -2.52. The Morgan fingerprint density at radius 3 is 2.00 bits per heavy atom. The molecule has 5 heteroatoms. The molecule has 2 aliphatic rings. The fourth-order valence-corrected chi connectivity index (χ4v) is 3.12. The SMILES string of the molecule is CC(C)N1CCN(C(=O)[C@]2(C)CC2(Cl)Cl)CC1. The van der Waals surface area contributed by atoms with E-state index in [0.29, 0.717) is 12.5 Å². The predicted octanol–water partition coefficient (Wildman–Crippen LogP) is 2.12. The summed E-state index contributed by atoms with van der Waals surface area (Å²) in [6, 6.07) is 0.545. The van der Waals surface area contributed by atoms with Crippen molar-refractivity contribution in [1.82, 2.24) is 9.80 Å². The van der Waals surface area contributed by atoms with E-state index in [1.54, 1.807) is 0 Å². The third kappa shape index (κ3) is 2.29. The highest BCUT2D eigenvalue weighted by Gasteiger charge is 2.68. The van der Waals surface area contributed by atoms with Gasteiger partial charge in [0.2, 0.25) is 5.91 Å². The highest BCUT2D eigenvalue weighted by molar-refractivity contribution is 6.53. The van der Waals surface area contributed by atoms with E-state index >= 15 is 0 Å². The Labute approximate surface area is 113 Å². The number of hydrogen-bond acceptors (Lipinski definition) is 2. The van der Waals surface area contributed by atoms with Gasteiger partial charge in [-0.3, -0.25) is 9.69 Å². The summed E-state index contributed by atoms with van der Waals surface area (Å²) in [5.41, 5.74) is -0.559. The number of piperazine rings is 1. The van der Waals surface area contributed by atoms with E-state index in [0.717, 1.165) is 26.2 Å². The normalized spacial score (nSPS) is 32.9. The van der Waals surface area contributed by atoms with Crippen LogP contribution in [-0.4, -0.2) is 52.3 Å². The largest absolute Gasteiger partial charge is 0.340 e. The van der Waals surface area contributed by atoms with Gasteiger partial charge in [0.05, 0.1) is 5.41 Å². The molecule has 1 amide bonds. The minimum atomic E-state index is -0.848. The number of amides is 1. The fourth-order valence-electron chi connectivity index (χ4n) is 2.42. The van der Waals surface area contributed by atoms with Crippen LogP contribution in [0.4, 0.5) is 0 Å². The maximum absolute atomic E-state index is 12.3. The molecule has 1 aliphatic carbocycles. The van der Waals surface area contributed by atoms with Crippen LogP contribution in [0.25, 0.3) is 0 Å². The van der Waals surface area contributed by atoms with Crippen LogP contribution in [0.15, 0.2) is 0 Å². The first-order valence-corrected chi connectivity index (χ1v) is 6.95. The van der Waals surface area contributed by atoms with E-state index < -0.39 is 9.75 Å². The van der Waals surface area contributed by atoms with Crippen molar-refractivity contribution in [3.8, 4) is 0 Å². The molecule has 0 bridgehead atoms. The Morgan fingerprint density at radius 1 is 1.18 bits per heavy atom. The van der Waals surface area contributed by atoms with Gasteiger partial charge in [-0.15, -0.1) is 23.2 Å². The molecule has 1 atom stereocenters. The topological polar surface area (TPSA) is 23.6 Å². The number of hydrogen-bond donors (Lipinski definition) is 0. The van der Waals surface area contributed by atoms with Crippen LogP contribution in [0, 0.1) is 5.41 Å². The van der Waals surface area contributed by atoms with Gasteiger partial charge < -0.3 is 4.90 Å². The number of carbonyl (C=O) groups excluding carboxylic acids is 1. The van der Waals surface area contributed by atoms with E-state index in [9.17, 15) is 4.79 Å². The maximum Gasteiger partial charge on any atom is 0.231 e. The van der Waals surface area contributed by atoms with Crippen LogP contribution in [0.1, 0.15) is 27.2 Å². The number of halogens is 2. The summed E-state index contributed by atoms with van der Waals surface area (Å²) in [6.45, 7) is 9.69. The van der Waals surface area contributed by atoms with Crippen molar-refractivity contribution >= 4 is 29.1 Å². The first-order chi connectivity index (χ1) is 7.78. The Hall–Kier alpha value is 0.01000. The Bertz CT molecular complexity index is 324. The molecule has 1 saturated heterocycles. The van der Waals surface area contributed by atoms with Crippen LogP contribution in [0.3, 0.4) is 0 Å². The zero-order valence-corrected chi connectivity index (χ0v) is 12.2. The molecule has 2 fully saturated rings. The second-order valence-electron chi connectivity index (χ2n) is 5.64. The molecule has 1 saturated carbocycles. The van der Waals surface area contributed by atoms with E-state index in [1.165, 1.54) is 0 Å². The molecule has 0 aromatic rings. The van der Waals surface area contributed by atoms with Crippen LogP contribution >= 0.6 is 23.2 Å².